The first-order valence-electron chi connectivity index (χ1n) is 9.10. The normalized spacial score (nSPS) is 10.8. The van der Waals surface area contributed by atoms with Crippen molar-refractivity contribution in [1.29, 1.82) is 0 Å². The van der Waals surface area contributed by atoms with Crippen molar-refractivity contribution >= 4 is 45.3 Å². The Bertz CT molecular complexity index is 1180. The number of rotatable bonds is 5. The topological polar surface area (TPSA) is 119 Å². The highest BCUT2D eigenvalue weighted by Gasteiger charge is 2.14. The zero-order valence-electron chi connectivity index (χ0n) is 16.6. The van der Waals surface area contributed by atoms with E-state index in [1.165, 1.54) is 30.5 Å². The van der Waals surface area contributed by atoms with Gasteiger partial charge in [-0.2, -0.15) is 5.10 Å². The summed E-state index contributed by atoms with van der Waals surface area (Å²) < 4.78 is 3.01. The molecule has 3 rings (SSSR count). The van der Waals surface area contributed by atoms with Crippen molar-refractivity contribution < 1.29 is 14.5 Å². The summed E-state index contributed by atoms with van der Waals surface area (Å²) in [5.74, 6) is -1.90. The van der Waals surface area contributed by atoms with Gasteiger partial charge in [0.15, 0.2) is 0 Å². The Morgan fingerprint density at radius 3 is 2.45 bits per heavy atom. The van der Waals surface area contributed by atoms with Gasteiger partial charge in [0, 0.05) is 44.9 Å². The fourth-order valence-electron chi connectivity index (χ4n) is 3.00. The number of carbonyl (C=O) groups is 2. The molecule has 0 aliphatic carbocycles. The molecule has 0 bridgehead atoms. The van der Waals surface area contributed by atoms with Crippen LogP contribution in [-0.2, 0) is 9.59 Å². The van der Waals surface area contributed by atoms with E-state index >= 15 is 0 Å². The maximum atomic E-state index is 12.0. The van der Waals surface area contributed by atoms with Crippen LogP contribution in [0.5, 0.6) is 0 Å². The Morgan fingerprint density at radius 2 is 1.81 bits per heavy atom. The number of nitrogens with one attached hydrogen (secondary N) is 2. The molecule has 1 heterocycles. The fraction of sp³-hybridized carbons (Fsp3) is 0.0952. The van der Waals surface area contributed by atoms with Gasteiger partial charge in [-0.05, 0) is 50.2 Å². The average Bonchev–Trinajstić information content (AvgIpc) is 3.01. The van der Waals surface area contributed by atoms with E-state index in [9.17, 15) is 19.7 Å². The monoisotopic (exact) mass is 483 g/mol. The van der Waals surface area contributed by atoms with Crippen molar-refractivity contribution in [2.75, 3.05) is 5.32 Å². The molecule has 0 unspecified atom stereocenters. The molecule has 158 valence electrons. The molecule has 31 heavy (non-hydrogen) atoms. The van der Waals surface area contributed by atoms with Crippen LogP contribution in [0, 0.1) is 24.0 Å². The van der Waals surface area contributed by atoms with E-state index in [1.54, 1.807) is 0 Å². The lowest BCUT2D eigenvalue weighted by atomic mass is 10.2. The number of hydrogen-bond acceptors (Lipinski definition) is 5. The third-order valence-corrected chi connectivity index (χ3v) is 4.94. The molecule has 0 saturated heterocycles. The number of non-ortho nitro benzene ring substituents is 1. The molecular formula is C21H18BrN5O4. The number of aromatic nitrogens is 1. The van der Waals surface area contributed by atoms with E-state index in [-0.39, 0.29) is 11.4 Å². The second kappa shape index (κ2) is 9.35. The molecule has 0 fully saturated rings. The summed E-state index contributed by atoms with van der Waals surface area (Å²) in [5, 5.41) is 16.9. The standard InChI is InChI=1S/C21H18BrN5O4/c1-13-10-15(14(2)26(13)19-5-3-4-16(22)11-19)12-23-25-21(29)20(28)24-17-6-8-18(9-7-17)27(30)31/h3-12H,1-2H3,(H,24,28)(H,25,29). The largest absolute Gasteiger partial charge is 0.329 e. The van der Waals surface area contributed by atoms with Crippen molar-refractivity contribution in [3.8, 4) is 5.69 Å². The number of benzene rings is 2. The zero-order valence-corrected chi connectivity index (χ0v) is 18.2. The summed E-state index contributed by atoms with van der Waals surface area (Å²) in [6, 6.07) is 14.9. The molecule has 0 radical (unpaired) electrons. The first-order valence-corrected chi connectivity index (χ1v) is 9.89. The minimum atomic E-state index is -0.963. The maximum Gasteiger partial charge on any atom is 0.329 e. The van der Waals surface area contributed by atoms with Crippen LogP contribution in [-0.4, -0.2) is 27.5 Å². The van der Waals surface area contributed by atoms with Gasteiger partial charge >= 0.3 is 11.8 Å². The van der Waals surface area contributed by atoms with E-state index in [0.717, 1.165) is 27.1 Å². The number of hydrazone groups is 1. The Balaban J connectivity index is 1.65. The van der Waals surface area contributed by atoms with Crippen LogP contribution in [0.15, 0.2) is 64.2 Å². The lowest BCUT2D eigenvalue weighted by Gasteiger charge is -2.09. The summed E-state index contributed by atoms with van der Waals surface area (Å²) in [5.41, 5.74) is 5.99. The summed E-state index contributed by atoms with van der Waals surface area (Å²) in [7, 11) is 0. The van der Waals surface area contributed by atoms with E-state index in [1.807, 2.05) is 44.2 Å². The molecule has 9 nitrogen and oxygen atoms in total. The van der Waals surface area contributed by atoms with Crippen LogP contribution in [0.4, 0.5) is 11.4 Å². The van der Waals surface area contributed by atoms with Crippen molar-refractivity contribution in [2.24, 2.45) is 5.10 Å². The van der Waals surface area contributed by atoms with Gasteiger partial charge in [-0.3, -0.25) is 19.7 Å². The molecule has 0 spiro atoms. The zero-order chi connectivity index (χ0) is 22.5. The molecule has 0 aliphatic rings. The summed E-state index contributed by atoms with van der Waals surface area (Å²) in [6.45, 7) is 3.89. The second-order valence-corrected chi connectivity index (χ2v) is 7.51. The molecule has 2 amide bonds. The Labute approximate surface area is 186 Å². The molecular weight excluding hydrogens is 466 g/mol. The molecule has 2 aromatic carbocycles. The lowest BCUT2D eigenvalue weighted by Crippen LogP contribution is -2.32. The Morgan fingerprint density at radius 1 is 1.10 bits per heavy atom. The molecule has 2 N–H and O–H groups in total. The summed E-state index contributed by atoms with van der Waals surface area (Å²) in [6.07, 6.45) is 1.47. The number of nitro groups is 1. The van der Waals surface area contributed by atoms with Gasteiger partial charge < -0.3 is 9.88 Å². The third-order valence-electron chi connectivity index (χ3n) is 4.45. The van der Waals surface area contributed by atoms with Crippen molar-refractivity contribution in [3.63, 3.8) is 0 Å². The number of nitro benzene ring substituents is 1. The van der Waals surface area contributed by atoms with Crippen LogP contribution < -0.4 is 10.7 Å². The number of halogens is 1. The second-order valence-electron chi connectivity index (χ2n) is 6.60. The molecule has 0 saturated carbocycles. The smallest absolute Gasteiger partial charge is 0.318 e. The maximum absolute atomic E-state index is 12.0. The van der Waals surface area contributed by atoms with E-state index in [4.69, 9.17) is 0 Å². The molecule has 1 aromatic heterocycles. The predicted octanol–water partition coefficient (Wildman–Crippen LogP) is 3.85. The predicted molar refractivity (Wildman–Crippen MR) is 120 cm³/mol. The van der Waals surface area contributed by atoms with Crippen LogP contribution in [0.3, 0.4) is 0 Å². The highest BCUT2D eigenvalue weighted by atomic mass is 79.9. The Kier molecular flexibility index (Phi) is 6.61. The Hall–Kier alpha value is -3.79. The summed E-state index contributed by atoms with van der Waals surface area (Å²) >= 11 is 3.47. The summed E-state index contributed by atoms with van der Waals surface area (Å²) in [4.78, 5) is 34.0. The van der Waals surface area contributed by atoms with Crippen LogP contribution >= 0.6 is 15.9 Å². The molecule has 10 heteroatoms. The van der Waals surface area contributed by atoms with Crippen LogP contribution in [0.2, 0.25) is 0 Å². The number of hydrogen-bond donors (Lipinski definition) is 2. The van der Waals surface area contributed by atoms with Crippen molar-refractivity contribution in [1.82, 2.24) is 9.99 Å². The third kappa shape index (κ3) is 5.23. The van der Waals surface area contributed by atoms with Gasteiger partial charge in [0.05, 0.1) is 11.1 Å². The van der Waals surface area contributed by atoms with Gasteiger partial charge in [0.1, 0.15) is 0 Å². The molecule has 3 aromatic rings. The number of anilines is 1. The first-order chi connectivity index (χ1) is 14.8. The SMILES string of the molecule is Cc1cc(C=NNC(=O)C(=O)Nc2ccc([N+](=O)[O-])cc2)c(C)n1-c1cccc(Br)c1. The quantitative estimate of drug-likeness (QED) is 0.248. The van der Waals surface area contributed by atoms with Crippen molar-refractivity contribution in [3.05, 3.63) is 86.1 Å². The fourth-order valence-corrected chi connectivity index (χ4v) is 3.38. The average molecular weight is 484 g/mol. The lowest BCUT2D eigenvalue weighted by molar-refractivity contribution is -0.384. The number of aryl methyl sites for hydroxylation is 1. The first kappa shape index (κ1) is 21.9. The van der Waals surface area contributed by atoms with E-state index in [2.05, 4.69) is 36.3 Å². The minimum absolute atomic E-state index is 0.118. The van der Waals surface area contributed by atoms with Crippen LogP contribution in [0.1, 0.15) is 17.0 Å². The highest BCUT2D eigenvalue weighted by molar-refractivity contribution is 9.10. The van der Waals surface area contributed by atoms with Gasteiger partial charge in [0.25, 0.3) is 5.69 Å². The van der Waals surface area contributed by atoms with Crippen molar-refractivity contribution in [2.45, 2.75) is 13.8 Å². The van der Waals surface area contributed by atoms with E-state index < -0.39 is 16.7 Å². The van der Waals surface area contributed by atoms with E-state index in [0.29, 0.717) is 0 Å². The molecule has 0 atom stereocenters. The highest BCUT2D eigenvalue weighted by Crippen LogP contribution is 2.22. The van der Waals surface area contributed by atoms with Gasteiger partial charge in [0.2, 0.25) is 0 Å². The molecule has 0 aliphatic heterocycles. The van der Waals surface area contributed by atoms with Gasteiger partial charge in [-0.25, -0.2) is 5.43 Å². The van der Waals surface area contributed by atoms with Gasteiger partial charge in [-0.15, -0.1) is 0 Å². The minimum Gasteiger partial charge on any atom is -0.318 e. The number of amides is 2. The number of carbonyl (C=O) groups excluding carboxylic acids is 2. The van der Waals surface area contributed by atoms with Gasteiger partial charge in [-0.1, -0.05) is 22.0 Å². The number of nitrogens with zero attached hydrogens (tertiary/aromatic N) is 3. The van der Waals surface area contributed by atoms with Crippen LogP contribution in [0.25, 0.3) is 5.69 Å².